The average Bonchev–Trinajstić information content (AvgIpc) is 2.75. The highest BCUT2D eigenvalue weighted by Crippen LogP contribution is 2.24. The van der Waals surface area contributed by atoms with E-state index in [1.54, 1.807) is 10.6 Å². The normalized spacial score (nSPS) is 10.4. The molecule has 0 spiro atoms. The number of primary amides is 1. The number of nitrogens with two attached hydrogens (primary N) is 2. The molecule has 1 aromatic heterocycles. The van der Waals surface area contributed by atoms with Gasteiger partial charge in [0.2, 0.25) is 0 Å². The standard InChI is InChI=1S/C14H16N4OS/c1-2-8-20-14-17-11(13(16)19)12(15)18(14)9-10-6-4-3-5-7-10/h2-7H,1,8-9,15H2,(H2,16,19). The summed E-state index contributed by atoms with van der Waals surface area (Å²) in [6.07, 6.45) is 1.77. The highest BCUT2D eigenvalue weighted by molar-refractivity contribution is 7.99. The minimum atomic E-state index is -0.616. The first-order valence-electron chi connectivity index (χ1n) is 6.07. The number of hydrogen-bond acceptors (Lipinski definition) is 4. The van der Waals surface area contributed by atoms with E-state index in [1.165, 1.54) is 11.8 Å². The van der Waals surface area contributed by atoms with Crippen molar-refractivity contribution in [1.29, 1.82) is 0 Å². The number of amides is 1. The molecule has 0 unspecified atom stereocenters. The van der Waals surface area contributed by atoms with Gasteiger partial charge in [-0.1, -0.05) is 48.2 Å². The van der Waals surface area contributed by atoms with Gasteiger partial charge in [-0.05, 0) is 5.56 Å². The van der Waals surface area contributed by atoms with Gasteiger partial charge in [-0.2, -0.15) is 0 Å². The van der Waals surface area contributed by atoms with E-state index >= 15 is 0 Å². The van der Waals surface area contributed by atoms with Crippen LogP contribution < -0.4 is 11.5 Å². The summed E-state index contributed by atoms with van der Waals surface area (Å²) < 4.78 is 1.80. The second kappa shape index (κ2) is 6.29. The van der Waals surface area contributed by atoms with E-state index in [2.05, 4.69) is 11.6 Å². The third-order valence-electron chi connectivity index (χ3n) is 2.72. The molecule has 4 N–H and O–H groups in total. The van der Waals surface area contributed by atoms with Crippen molar-refractivity contribution in [3.63, 3.8) is 0 Å². The first kappa shape index (κ1) is 14.2. The molecule has 1 heterocycles. The molecule has 0 saturated heterocycles. The Hall–Kier alpha value is -2.21. The van der Waals surface area contributed by atoms with E-state index in [9.17, 15) is 4.79 Å². The van der Waals surface area contributed by atoms with Crippen LogP contribution in [0.1, 0.15) is 16.1 Å². The molecular formula is C14H16N4OS. The summed E-state index contributed by atoms with van der Waals surface area (Å²) in [6.45, 7) is 4.22. The Kier molecular flexibility index (Phi) is 4.47. The largest absolute Gasteiger partial charge is 0.383 e. The van der Waals surface area contributed by atoms with E-state index < -0.39 is 5.91 Å². The second-order valence-corrected chi connectivity index (χ2v) is 5.15. The number of rotatable bonds is 6. The van der Waals surface area contributed by atoms with Gasteiger partial charge in [0.05, 0.1) is 6.54 Å². The number of hydrogen-bond donors (Lipinski definition) is 2. The molecule has 0 bridgehead atoms. The predicted octanol–water partition coefficient (Wildman–Crippen LogP) is 1.89. The van der Waals surface area contributed by atoms with Crippen molar-refractivity contribution in [3.05, 3.63) is 54.2 Å². The number of anilines is 1. The van der Waals surface area contributed by atoms with Crippen LogP contribution in [0.2, 0.25) is 0 Å². The Labute approximate surface area is 121 Å². The summed E-state index contributed by atoms with van der Waals surface area (Å²) in [4.78, 5) is 15.6. The van der Waals surface area contributed by atoms with Crippen molar-refractivity contribution in [3.8, 4) is 0 Å². The Morgan fingerprint density at radius 3 is 2.70 bits per heavy atom. The lowest BCUT2D eigenvalue weighted by atomic mass is 10.2. The van der Waals surface area contributed by atoms with Crippen molar-refractivity contribution in [1.82, 2.24) is 9.55 Å². The van der Waals surface area contributed by atoms with E-state index in [0.717, 1.165) is 5.56 Å². The molecule has 2 aromatic rings. The van der Waals surface area contributed by atoms with Crippen LogP contribution in [-0.4, -0.2) is 21.2 Å². The molecule has 0 saturated carbocycles. The number of carbonyl (C=O) groups excluding carboxylic acids is 1. The maximum absolute atomic E-state index is 11.4. The topological polar surface area (TPSA) is 86.9 Å². The molecule has 104 valence electrons. The van der Waals surface area contributed by atoms with Crippen LogP contribution in [-0.2, 0) is 6.54 Å². The van der Waals surface area contributed by atoms with Gasteiger partial charge >= 0.3 is 0 Å². The fourth-order valence-electron chi connectivity index (χ4n) is 1.79. The zero-order valence-electron chi connectivity index (χ0n) is 11.0. The number of nitrogens with zero attached hydrogens (tertiary/aromatic N) is 2. The number of thioether (sulfide) groups is 1. The summed E-state index contributed by atoms with van der Waals surface area (Å²) in [6, 6.07) is 9.83. The molecule has 1 aromatic carbocycles. The van der Waals surface area contributed by atoms with Crippen LogP contribution in [0.15, 0.2) is 48.1 Å². The molecule has 0 aliphatic carbocycles. The van der Waals surface area contributed by atoms with Crippen LogP contribution in [0.25, 0.3) is 0 Å². The Bertz CT molecular complexity index is 622. The highest BCUT2D eigenvalue weighted by Gasteiger charge is 2.18. The average molecular weight is 288 g/mol. The third kappa shape index (κ3) is 3.03. The van der Waals surface area contributed by atoms with Gasteiger partial charge in [-0.15, -0.1) is 6.58 Å². The maximum atomic E-state index is 11.4. The van der Waals surface area contributed by atoms with Crippen LogP contribution in [0, 0.1) is 0 Å². The molecular weight excluding hydrogens is 272 g/mol. The highest BCUT2D eigenvalue weighted by atomic mass is 32.2. The molecule has 0 radical (unpaired) electrons. The first-order chi connectivity index (χ1) is 9.63. The number of benzene rings is 1. The molecule has 0 atom stereocenters. The molecule has 1 amide bonds. The summed E-state index contributed by atoms with van der Waals surface area (Å²) in [5.41, 5.74) is 12.5. The molecule has 0 aliphatic heterocycles. The summed E-state index contributed by atoms with van der Waals surface area (Å²) >= 11 is 1.46. The minimum Gasteiger partial charge on any atom is -0.383 e. The predicted molar refractivity (Wildman–Crippen MR) is 81.6 cm³/mol. The zero-order chi connectivity index (χ0) is 14.5. The summed E-state index contributed by atoms with van der Waals surface area (Å²) in [5, 5.41) is 0.667. The maximum Gasteiger partial charge on any atom is 0.271 e. The van der Waals surface area contributed by atoms with Crippen molar-refractivity contribution >= 4 is 23.5 Å². The van der Waals surface area contributed by atoms with Gasteiger partial charge in [0.25, 0.3) is 5.91 Å². The van der Waals surface area contributed by atoms with Crippen molar-refractivity contribution in [2.45, 2.75) is 11.7 Å². The number of carbonyl (C=O) groups is 1. The van der Waals surface area contributed by atoms with Gasteiger partial charge in [-0.3, -0.25) is 4.79 Å². The summed E-state index contributed by atoms with van der Waals surface area (Å²) in [5.74, 6) is 0.367. The molecule has 2 rings (SSSR count). The number of imidazole rings is 1. The number of nitrogen functional groups attached to an aromatic ring is 1. The fourth-order valence-corrected chi connectivity index (χ4v) is 2.53. The summed E-state index contributed by atoms with van der Waals surface area (Å²) in [7, 11) is 0. The van der Waals surface area contributed by atoms with Crippen molar-refractivity contribution in [2.24, 2.45) is 5.73 Å². The van der Waals surface area contributed by atoms with Gasteiger partial charge in [0, 0.05) is 5.75 Å². The first-order valence-corrected chi connectivity index (χ1v) is 7.05. The van der Waals surface area contributed by atoms with E-state index in [4.69, 9.17) is 11.5 Å². The molecule has 0 aliphatic rings. The smallest absolute Gasteiger partial charge is 0.271 e. The molecule has 20 heavy (non-hydrogen) atoms. The van der Waals surface area contributed by atoms with E-state index in [1.807, 2.05) is 30.3 Å². The quantitative estimate of drug-likeness (QED) is 0.627. The lowest BCUT2D eigenvalue weighted by Gasteiger charge is -2.09. The monoisotopic (exact) mass is 288 g/mol. The molecule has 6 heteroatoms. The minimum absolute atomic E-state index is 0.118. The van der Waals surface area contributed by atoms with Gasteiger partial charge in [0.1, 0.15) is 5.82 Å². The molecule has 5 nitrogen and oxygen atoms in total. The SMILES string of the molecule is C=CCSc1nc(C(N)=O)c(N)n1Cc1ccccc1. The fraction of sp³-hybridized carbons (Fsp3) is 0.143. The van der Waals surface area contributed by atoms with Crippen LogP contribution in [0.4, 0.5) is 5.82 Å². The van der Waals surface area contributed by atoms with E-state index in [-0.39, 0.29) is 5.69 Å². The second-order valence-electron chi connectivity index (χ2n) is 4.16. The number of aromatic nitrogens is 2. The molecule has 0 fully saturated rings. The Morgan fingerprint density at radius 2 is 2.10 bits per heavy atom. The Morgan fingerprint density at radius 1 is 1.40 bits per heavy atom. The van der Waals surface area contributed by atoms with Crippen molar-refractivity contribution in [2.75, 3.05) is 11.5 Å². The third-order valence-corrected chi connectivity index (χ3v) is 3.69. The zero-order valence-corrected chi connectivity index (χ0v) is 11.8. The van der Waals surface area contributed by atoms with Gasteiger partial charge in [-0.25, -0.2) is 4.98 Å². The Balaban J connectivity index is 2.38. The van der Waals surface area contributed by atoms with Crippen LogP contribution in [0.5, 0.6) is 0 Å². The van der Waals surface area contributed by atoms with Gasteiger partial charge < -0.3 is 16.0 Å². The lowest BCUT2D eigenvalue weighted by molar-refractivity contribution is 0.0996. The van der Waals surface area contributed by atoms with E-state index in [0.29, 0.717) is 23.3 Å². The van der Waals surface area contributed by atoms with Gasteiger partial charge in [0.15, 0.2) is 10.9 Å². The van der Waals surface area contributed by atoms with Crippen LogP contribution in [0.3, 0.4) is 0 Å². The lowest BCUT2D eigenvalue weighted by Crippen LogP contribution is -2.14. The van der Waals surface area contributed by atoms with Crippen molar-refractivity contribution < 1.29 is 4.79 Å². The van der Waals surface area contributed by atoms with Crippen LogP contribution >= 0.6 is 11.8 Å².